The van der Waals surface area contributed by atoms with Gasteiger partial charge in [-0.2, -0.15) is 4.31 Å². The second kappa shape index (κ2) is 9.57. The Morgan fingerprint density at radius 2 is 1.75 bits per heavy atom. The molecule has 1 aromatic carbocycles. The van der Waals surface area contributed by atoms with Gasteiger partial charge in [-0.25, -0.2) is 8.42 Å². The molecule has 28 heavy (non-hydrogen) atoms. The third-order valence-corrected chi connectivity index (χ3v) is 8.21. The van der Waals surface area contributed by atoms with Gasteiger partial charge in [0.1, 0.15) is 0 Å². The summed E-state index contributed by atoms with van der Waals surface area (Å²) in [6.07, 6.45) is 5.58. The average molecular weight is 430 g/mol. The summed E-state index contributed by atoms with van der Waals surface area (Å²) in [6, 6.07) is 4.32. The van der Waals surface area contributed by atoms with Crippen molar-refractivity contribution in [2.24, 2.45) is 0 Å². The lowest BCUT2D eigenvalue weighted by Crippen LogP contribution is -2.53. The first-order chi connectivity index (χ1) is 13.2. The van der Waals surface area contributed by atoms with Gasteiger partial charge in [0.15, 0.2) is 0 Å². The monoisotopic (exact) mass is 429 g/mol. The number of hydrogen-bond acceptors (Lipinski definition) is 4. The predicted octanol–water partition coefficient (Wildman–Crippen LogP) is 3.36. The molecule has 0 atom stereocenters. The van der Waals surface area contributed by atoms with Crippen LogP contribution in [0.1, 0.15) is 56.3 Å². The van der Waals surface area contributed by atoms with Gasteiger partial charge >= 0.3 is 0 Å². The quantitative estimate of drug-likeness (QED) is 0.687. The third kappa shape index (κ3) is 4.87. The van der Waals surface area contributed by atoms with Crippen LogP contribution < -0.4 is 5.32 Å². The number of likely N-dealkylation sites (N-methyl/N-ethyl adjacent to an activating group) is 1. The van der Waals surface area contributed by atoms with Gasteiger partial charge in [-0.3, -0.25) is 4.79 Å². The molecule has 0 spiro atoms. The molecule has 0 aliphatic heterocycles. The van der Waals surface area contributed by atoms with Crippen molar-refractivity contribution in [1.29, 1.82) is 0 Å². The Bertz CT molecular complexity index is 786. The molecule has 1 aromatic rings. The van der Waals surface area contributed by atoms with Crippen molar-refractivity contribution in [2.45, 2.75) is 56.4 Å². The molecule has 0 unspecified atom stereocenters. The molecule has 2 rings (SSSR count). The zero-order valence-electron chi connectivity index (χ0n) is 17.3. The van der Waals surface area contributed by atoms with Gasteiger partial charge in [0, 0.05) is 25.2 Å². The Labute approximate surface area is 174 Å². The Hall–Kier alpha value is -1.15. The van der Waals surface area contributed by atoms with Crippen LogP contribution in [0.4, 0.5) is 0 Å². The van der Waals surface area contributed by atoms with Crippen LogP contribution >= 0.6 is 11.6 Å². The van der Waals surface area contributed by atoms with E-state index in [9.17, 15) is 13.2 Å². The first-order valence-corrected chi connectivity index (χ1v) is 11.7. The van der Waals surface area contributed by atoms with Crippen molar-refractivity contribution in [1.82, 2.24) is 14.5 Å². The molecular weight excluding hydrogens is 398 g/mol. The van der Waals surface area contributed by atoms with E-state index in [1.165, 1.54) is 28.9 Å². The fraction of sp³-hybridized carbons (Fsp3) is 0.650. The van der Waals surface area contributed by atoms with Gasteiger partial charge in [-0.15, -0.1) is 0 Å². The highest BCUT2D eigenvalue weighted by Crippen LogP contribution is 2.32. The van der Waals surface area contributed by atoms with E-state index in [-0.39, 0.29) is 26.9 Å². The number of nitrogens with one attached hydrogen (secondary N) is 1. The summed E-state index contributed by atoms with van der Waals surface area (Å²) < 4.78 is 26.9. The van der Waals surface area contributed by atoms with Crippen LogP contribution in [-0.2, 0) is 10.0 Å². The highest BCUT2D eigenvalue weighted by molar-refractivity contribution is 7.89. The summed E-state index contributed by atoms with van der Waals surface area (Å²) in [7, 11) is 0.438. The SMILES string of the molecule is CCN(CC)S(=O)(=O)c1ccc(Cl)c(C(=O)NCC2(N(C)C)CCCCC2)c1. The smallest absolute Gasteiger partial charge is 0.252 e. The molecule has 1 N–H and O–H groups in total. The van der Waals surface area contributed by atoms with E-state index in [4.69, 9.17) is 11.6 Å². The number of nitrogens with zero attached hydrogens (tertiary/aromatic N) is 2. The second-order valence-corrected chi connectivity index (χ2v) is 9.94. The molecule has 8 heteroatoms. The largest absolute Gasteiger partial charge is 0.350 e. The van der Waals surface area contributed by atoms with E-state index < -0.39 is 10.0 Å². The number of hydrogen-bond donors (Lipinski definition) is 1. The van der Waals surface area contributed by atoms with E-state index in [1.54, 1.807) is 13.8 Å². The van der Waals surface area contributed by atoms with E-state index in [2.05, 4.69) is 10.2 Å². The van der Waals surface area contributed by atoms with Crippen LogP contribution in [0.25, 0.3) is 0 Å². The Morgan fingerprint density at radius 1 is 1.14 bits per heavy atom. The minimum Gasteiger partial charge on any atom is -0.350 e. The molecule has 0 saturated heterocycles. The van der Waals surface area contributed by atoms with Crippen LogP contribution in [0.2, 0.25) is 5.02 Å². The van der Waals surface area contributed by atoms with Crippen LogP contribution in [0, 0.1) is 0 Å². The highest BCUT2D eigenvalue weighted by atomic mass is 35.5. The number of halogens is 1. The van der Waals surface area contributed by atoms with E-state index >= 15 is 0 Å². The molecule has 1 saturated carbocycles. The van der Waals surface area contributed by atoms with E-state index in [0.29, 0.717) is 19.6 Å². The van der Waals surface area contributed by atoms with Gasteiger partial charge in [-0.05, 0) is 45.1 Å². The van der Waals surface area contributed by atoms with Crippen LogP contribution in [-0.4, -0.2) is 62.8 Å². The summed E-state index contributed by atoms with van der Waals surface area (Å²) in [5.74, 6) is -0.339. The normalized spacial score (nSPS) is 17.1. The zero-order chi connectivity index (χ0) is 20.9. The maximum Gasteiger partial charge on any atom is 0.252 e. The van der Waals surface area contributed by atoms with Crippen LogP contribution in [0.3, 0.4) is 0 Å². The number of rotatable bonds is 8. The van der Waals surface area contributed by atoms with E-state index in [1.807, 2.05) is 14.1 Å². The van der Waals surface area contributed by atoms with Crippen molar-refractivity contribution in [2.75, 3.05) is 33.7 Å². The molecule has 1 fully saturated rings. The fourth-order valence-electron chi connectivity index (χ4n) is 3.88. The lowest BCUT2D eigenvalue weighted by Gasteiger charge is -2.43. The lowest BCUT2D eigenvalue weighted by atomic mass is 9.80. The molecule has 1 amide bonds. The Morgan fingerprint density at radius 3 is 2.29 bits per heavy atom. The zero-order valence-corrected chi connectivity index (χ0v) is 18.9. The maximum atomic E-state index is 12.8. The van der Waals surface area contributed by atoms with Crippen LogP contribution in [0.5, 0.6) is 0 Å². The average Bonchev–Trinajstić information content (AvgIpc) is 2.67. The maximum absolute atomic E-state index is 12.8. The molecule has 0 radical (unpaired) electrons. The van der Waals surface area contributed by atoms with Gasteiger partial charge in [0.05, 0.1) is 15.5 Å². The first kappa shape index (κ1) is 23.1. The molecule has 0 bridgehead atoms. The number of amides is 1. The molecule has 158 valence electrons. The summed E-state index contributed by atoms with van der Waals surface area (Å²) >= 11 is 6.23. The highest BCUT2D eigenvalue weighted by Gasteiger charge is 2.34. The van der Waals surface area contributed by atoms with Crippen LogP contribution in [0.15, 0.2) is 23.1 Å². The number of sulfonamides is 1. The molecule has 1 aliphatic rings. The fourth-order valence-corrected chi connectivity index (χ4v) is 5.57. The number of carbonyl (C=O) groups is 1. The van der Waals surface area contributed by atoms with Gasteiger partial charge in [0.2, 0.25) is 10.0 Å². The molecular formula is C20H32ClN3O3S. The number of benzene rings is 1. The first-order valence-electron chi connectivity index (χ1n) is 9.93. The lowest BCUT2D eigenvalue weighted by molar-refractivity contribution is 0.0799. The molecule has 6 nitrogen and oxygen atoms in total. The third-order valence-electron chi connectivity index (χ3n) is 5.84. The molecule has 1 aliphatic carbocycles. The molecule has 0 aromatic heterocycles. The van der Waals surface area contributed by atoms with Crippen molar-refractivity contribution in [3.63, 3.8) is 0 Å². The summed E-state index contributed by atoms with van der Waals surface area (Å²) in [6.45, 7) is 4.83. The van der Waals surface area contributed by atoms with E-state index in [0.717, 1.165) is 25.7 Å². The summed E-state index contributed by atoms with van der Waals surface area (Å²) in [5, 5.41) is 3.24. The predicted molar refractivity (Wildman–Crippen MR) is 113 cm³/mol. The summed E-state index contributed by atoms with van der Waals surface area (Å²) in [5.41, 5.74) is 0.130. The van der Waals surface area contributed by atoms with Crippen molar-refractivity contribution >= 4 is 27.5 Å². The second-order valence-electron chi connectivity index (χ2n) is 7.59. The van der Waals surface area contributed by atoms with Crippen molar-refractivity contribution in [3.8, 4) is 0 Å². The standard InChI is InChI=1S/C20H32ClN3O3S/c1-5-24(6-2)28(26,27)16-10-11-18(21)17(14-16)19(25)22-15-20(23(3)4)12-8-7-9-13-20/h10-11,14H,5-9,12-13,15H2,1-4H3,(H,22,25). The molecule has 0 heterocycles. The minimum atomic E-state index is -3.65. The van der Waals surface area contributed by atoms with Crippen molar-refractivity contribution in [3.05, 3.63) is 28.8 Å². The van der Waals surface area contributed by atoms with Gasteiger partial charge < -0.3 is 10.2 Å². The Kier molecular flexibility index (Phi) is 7.90. The number of carbonyl (C=O) groups excluding carboxylic acids is 1. The van der Waals surface area contributed by atoms with Gasteiger partial charge in [-0.1, -0.05) is 44.7 Å². The summed E-state index contributed by atoms with van der Waals surface area (Å²) in [4.78, 5) is 15.1. The topological polar surface area (TPSA) is 69.7 Å². The Balaban J connectivity index is 2.24. The minimum absolute atomic E-state index is 0.0642. The van der Waals surface area contributed by atoms with Crippen molar-refractivity contribution < 1.29 is 13.2 Å². The van der Waals surface area contributed by atoms with Gasteiger partial charge in [0.25, 0.3) is 5.91 Å².